The van der Waals surface area contributed by atoms with Crippen LogP contribution in [-0.4, -0.2) is 18.8 Å². The van der Waals surface area contributed by atoms with Gasteiger partial charge in [0.25, 0.3) is 0 Å². The van der Waals surface area contributed by atoms with E-state index in [9.17, 15) is 0 Å². The van der Waals surface area contributed by atoms with Gasteiger partial charge in [0.05, 0.1) is 18.8 Å². The van der Waals surface area contributed by atoms with Crippen molar-refractivity contribution in [2.75, 3.05) is 6.61 Å². The molecule has 0 saturated carbocycles. The summed E-state index contributed by atoms with van der Waals surface area (Å²) in [6.07, 6.45) is 5.22. The second-order valence-electron chi connectivity index (χ2n) is 2.16. The highest BCUT2D eigenvalue weighted by atomic mass is 16.5. The van der Waals surface area contributed by atoms with Crippen LogP contribution in [0.2, 0.25) is 0 Å². The van der Waals surface area contributed by atoms with Gasteiger partial charge in [-0.05, 0) is 13.8 Å². The second-order valence-corrected chi connectivity index (χ2v) is 2.16. The van der Waals surface area contributed by atoms with Crippen LogP contribution >= 0.6 is 0 Å². The smallest absolute Gasteiger partial charge is 0.0899 e. The molecule has 0 radical (unpaired) electrons. The summed E-state index contributed by atoms with van der Waals surface area (Å²) in [5.74, 6) is 2.37. The maximum absolute atomic E-state index is 5.36. The van der Waals surface area contributed by atoms with Crippen molar-refractivity contribution < 1.29 is 4.74 Å². The molecule has 2 heteroatoms. The molecule has 0 bridgehead atoms. The number of hydrogen-bond donors (Lipinski definition) is 1. The Balaban J connectivity index is 3.19. The summed E-state index contributed by atoms with van der Waals surface area (Å²) in [4.78, 5) is 0. The Morgan fingerprint density at radius 2 is 2.22 bits per heavy atom. The summed E-state index contributed by atoms with van der Waals surface area (Å²) in [6, 6.07) is -0.257. The highest BCUT2D eigenvalue weighted by molar-refractivity contribution is 4.96. The van der Waals surface area contributed by atoms with Crippen molar-refractivity contribution in [3.05, 3.63) is 0 Å². The van der Waals surface area contributed by atoms with E-state index < -0.39 is 0 Å². The molecular formula is C7H13NO. The first kappa shape index (κ1) is 8.48. The summed E-state index contributed by atoms with van der Waals surface area (Å²) in [7, 11) is 0. The zero-order valence-corrected chi connectivity index (χ0v) is 5.92. The molecule has 0 amide bonds. The zero-order chi connectivity index (χ0) is 7.28. The van der Waals surface area contributed by atoms with Crippen molar-refractivity contribution in [3.63, 3.8) is 0 Å². The third-order valence-electron chi connectivity index (χ3n) is 0.823. The van der Waals surface area contributed by atoms with E-state index in [4.69, 9.17) is 16.9 Å². The van der Waals surface area contributed by atoms with Crippen LogP contribution in [-0.2, 0) is 4.74 Å². The molecule has 0 aliphatic rings. The molecule has 9 heavy (non-hydrogen) atoms. The molecular weight excluding hydrogens is 114 g/mol. The number of rotatable bonds is 3. The van der Waals surface area contributed by atoms with E-state index in [1.54, 1.807) is 0 Å². The Morgan fingerprint density at radius 3 is 2.56 bits per heavy atom. The number of ether oxygens (including phenoxy) is 1. The molecule has 0 aliphatic heterocycles. The molecule has 52 valence electrons. The Morgan fingerprint density at radius 1 is 1.67 bits per heavy atom. The topological polar surface area (TPSA) is 35.2 Å². The van der Waals surface area contributed by atoms with Crippen LogP contribution in [0, 0.1) is 12.3 Å². The molecule has 2 nitrogen and oxygen atoms in total. The van der Waals surface area contributed by atoms with Crippen molar-refractivity contribution in [1.29, 1.82) is 0 Å². The number of terminal acetylenes is 1. The summed E-state index contributed by atoms with van der Waals surface area (Å²) < 4.78 is 5.13. The fourth-order valence-electron chi connectivity index (χ4n) is 0.344. The van der Waals surface area contributed by atoms with Crippen LogP contribution in [0.4, 0.5) is 0 Å². The Hall–Kier alpha value is -0.520. The molecule has 0 saturated heterocycles. The van der Waals surface area contributed by atoms with E-state index in [0.29, 0.717) is 6.61 Å². The molecule has 0 aliphatic carbocycles. The molecule has 0 rings (SSSR count). The first-order chi connectivity index (χ1) is 4.16. The molecule has 0 spiro atoms. The molecule has 0 aromatic carbocycles. The minimum Gasteiger partial charge on any atom is -0.376 e. The third-order valence-corrected chi connectivity index (χ3v) is 0.823. The van der Waals surface area contributed by atoms with Gasteiger partial charge in [0.2, 0.25) is 0 Å². The zero-order valence-electron chi connectivity index (χ0n) is 5.92. The molecule has 0 unspecified atom stereocenters. The third kappa shape index (κ3) is 5.35. The van der Waals surface area contributed by atoms with Crippen molar-refractivity contribution in [1.82, 2.24) is 0 Å². The van der Waals surface area contributed by atoms with Crippen LogP contribution in [0.3, 0.4) is 0 Å². The monoisotopic (exact) mass is 127 g/mol. The predicted octanol–water partition coefficient (Wildman–Crippen LogP) is 0.372. The van der Waals surface area contributed by atoms with Gasteiger partial charge in [0.1, 0.15) is 0 Å². The predicted molar refractivity (Wildman–Crippen MR) is 37.9 cm³/mol. The number of hydrogen-bond acceptors (Lipinski definition) is 2. The summed E-state index contributed by atoms with van der Waals surface area (Å²) >= 11 is 0. The lowest BCUT2D eigenvalue weighted by atomic mass is 10.3. The SMILES string of the molecule is C#C[C@H](N)COC(C)C. The standard InChI is InChI=1S/C7H13NO/c1-4-7(8)5-9-6(2)3/h1,6-7H,5,8H2,2-3H3/t7-/m0/s1. The van der Waals surface area contributed by atoms with Gasteiger partial charge in [0.15, 0.2) is 0 Å². The van der Waals surface area contributed by atoms with E-state index in [0.717, 1.165) is 0 Å². The lowest BCUT2D eigenvalue weighted by Crippen LogP contribution is -2.25. The van der Waals surface area contributed by atoms with Crippen molar-refractivity contribution >= 4 is 0 Å². The lowest BCUT2D eigenvalue weighted by Gasteiger charge is -2.08. The second kappa shape index (κ2) is 4.37. The van der Waals surface area contributed by atoms with Crippen LogP contribution in [0.1, 0.15) is 13.8 Å². The molecule has 0 fully saturated rings. The van der Waals surface area contributed by atoms with Crippen LogP contribution in [0.25, 0.3) is 0 Å². The van der Waals surface area contributed by atoms with Gasteiger partial charge in [-0.2, -0.15) is 0 Å². The van der Waals surface area contributed by atoms with Gasteiger partial charge in [-0.15, -0.1) is 6.42 Å². The van der Waals surface area contributed by atoms with Gasteiger partial charge >= 0.3 is 0 Å². The van der Waals surface area contributed by atoms with Gasteiger partial charge in [-0.3, -0.25) is 0 Å². The van der Waals surface area contributed by atoms with E-state index in [1.165, 1.54) is 0 Å². The molecule has 2 N–H and O–H groups in total. The van der Waals surface area contributed by atoms with Crippen LogP contribution in [0.15, 0.2) is 0 Å². The van der Waals surface area contributed by atoms with E-state index in [1.807, 2.05) is 13.8 Å². The average Bonchev–Trinajstić information content (AvgIpc) is 1.83. The first-order valence-electron chi connectivity index (χ1n) is 3.00. The Bertz CT molecular complexity index is 104. The quantitative estimate of drug-likeness (QED) is 0.556. The van der Waals surface area contributed by atoms with Crippen LogP contribution < -0.4 is 5.73 Å². The fourth-order valence-corrected chi connectivity index (χ4v) is 0.344. The molecule has 0 aromatic heterocycles. The van der Waals surface area contributed by atoms with Gasteiger partial charge < -0.3 is 10.5 Å². The van der Waals surface area contributed by atoms with Crippen molar-refractivity contribution in [2.45, 2.75) is 26.0 Å². The fraction of sp³-hybridized carbons (Fsp3) is 0.714. The largest absolute Gasteiger partial charge is 0.376 e. The summed E-state index contributed by atoms with van der Waals surface area (Å²) in [5, 5.41) is 0. The number of nitrogens with two attached hydrogens (primary N) is 1. The highest BCUT2D eigenvalue weighted by Crippen LogP contribution is 1.87. The Kier molecular flexibility index (Phi) is 4.12. The van der Waals surface area contributed by atoms with Crippen molar-refractivity contribution in [3.8, 4) is 12.3 Å². The first-order valence-corrected chi connectivity index (χ1v) is 3.00. The summed E-state index contributed by atoms with van der Waals surface area (Å²) in [6.45, 7) is 4.35. The summed E-state index contributed by atoms with van der Waals surface area (Å²) in [5.41, 5.74) is 5.36. The maximum atomic E-state index is 5.36. The minimum atomic E-state index is -0.257. The van der Waals surface area contributed by atoms with Gasteiger partial charge in [-0.25, -0.2) is 0 Å². The van der Waals surface area contributed by atoms with Crippen molar-refractivity contribution in [2.24, 2.45) is 5.73 Å². The highest BCUT2D eigenvalue weighted by Gasteiger charge is 1.97. The molecule has 0 aromatic rings. The van der Waals surface area contributed by atoms with E-state index in [2.05, 4.69) is 5.92 Å². The van der Waals surface area contributed by atoms with E-state index in [-0.39, 0.29) is 12.1 Å². The van der Waals surface area contributed by atoms with Gasteiger partial charge in [-0.1, -0.05) is 5.92 Å². The average molecular weight is 127 g/mol. The van der Waals surface area contributed by atoms with Gasteiger partial charge in [0, 0.05) is 0 Å². The normalized spacial score (nSPS) is 13.2. The Labute approximate surface area is 56.4 Å². The van der Waals surface area contributed by atoms with Crippen LogP contribution in [0.5, 0.6) is 0 Å². The molecule has 0 heterocycles. The minimum absolute atomic E-state index is 0.212. The molecule has 1 atom stereocenters. The maximum Gasteiger partial charge on any atom is 0.0899 e. The lowest BCUT2D eigenvalue weighted by molar-refractivity contribution is 0.0766. The van der Waals surface area contributed by atoms with E-state index >= 15 is 0 Å².